The summed E-state index contributed by atoms with van der Waals surface area (Å²) in [6.45, 7) is 4.44. The van der Waals surface area contributed by atoms with Gasteiger partial charge in [-0.2, -0.15) is 5.26 Å². The number of nitrogens with one attached hydrogen (secondary N) is 1. The van der Waals surface area contributed by atoms with Crippen LogP contribution >= 0.6 is 11.6 Å². The van der Waals surface area contributed by atoms with Gasteiger partial charge in [-0.15, -0.1) is 11.6 Å². The number of benzene rings is 1. The van der Waals surface area contributed by atoms with Crippen molar-refractivity contribution in [2.45, 2.75) is 26.1 Å². The van der Waals surface area contributed by atoms with Crippen molar-refractivity contribution in [3.8, 4) is 22.9 Å². The van der Waals surface area contributed by atoms with E-state index in [-0.39, 0.29) is 11.1 Å². The van der Waals surface area contributed by atoms with Crippen molar-refractivity contribution in [2.24, 2.45) is 0 Å². The van der Waals surface area contributed by atoms with E-state index in [1.54, 1.807) is 13.0 Å². The molecule has 1 N–H and O–H groups in total. The number of rotatable bonds is 5. The van der Waals surface area contributed by atoms with Crippen LogP contribution in [0.2, 0.25) is 0 Å². The lowest BCUT2D eigenvalue weighted by atomic mass is 9.99. The zero-order valence-corrected chi connectivity index (χ0v) is 13.3. The average Bonchev–Trinajstić information content (AvgIpc) is 2.52. The fraction of sp³-hybridized carbons (Fsp3) is 0.294. The molecular weight excluding hydrogens is 300 g/mol. The summed E-state index contributed by atoms with van der Waals surface area (Å²) in [5.74, 6) is 1.04. The first-order valence-electron chi connectivity index (χ1n) is 7.06. The lowest BCUT2D eigenvalue weighted by molar-refractivity contribution is 0.315. The SMILES string of the molecule is CCCOc1ccc(-c2cc(C)[nH]c(=O)c2C#N)cc1CCl. The summed E-state index contributed by atoms with van der Waals surface area (Å²) >= 11 is 5.99. The molecule has 0 spiro atoms. The van der Waals surface area contributed by atoms with E-state index in [1.807, 2.05) is 31.2 Å². The second-order valence-electron chi connectivity index (χ2n) is 4.99. The second-order valence-corrected chi connectivity index (χ2v) is 5.25. The summed E-state index contributed by atoms with van der Waals surface area (Å²) in [5, 5.41) is 9.23. The van der Waals surface area contributed by atoms with Crippen LogP contribution in [0, 0.1) is 18.3 Å². The van der Waals surface area contributed by atoms with E-state index in [2.05, 4.69) is 4.98 Å². The van der Waals surface area contributed by atoms with E-state index < -0.39 is 0 Å². The van der Waals surface area contributed by atoms with Gasteiger partial charge in [-0.1, -0.05) is 13.0 Å². The molecule has 22 heavy (non-hydrogen) atoms. The minimum Gasteiger partial charge on any atom is -0.493 e. The van der Waals surface area contributed by atoms with Crippen molar-refractivity contribution in [2.75, 3.05) is 6.61 Å². The first-order valence-corrected chi connectivity index (χ1v) is 7.60. The van der Waals surface area contributed by atoms with Gasteiger partial charge < -0.3 is 9.72 Å². The summed E-state index contributed by atoms with van der Waals surface area (Å²) < 4.78 is 5.65. The summed E-state index contributed by atoms with van der Waals surface area (Å²) in [4.78, 5) is 14.5. The quantitative estimate of drug-likeness (QED) is 0.854. The van der Waals surface area contributed by atoms with Crippen LogP contribution in [0.3, 0.4) is 0 Å². The maximum absolute atomic E-state index is 11.9. The molecule has 0 atom stereocenters. The smallest absolute Gasteiger partial charge is 0.266 e. The first kappa shape index (κ1) is 16.1. The average molecular weight is 317 g/mol. The van der Waals surface area contributed by atoms with Crippen LogP contribution in [0.4, 0.5) is 0 Å². The van der Waals surface area contributed by atoms with Gasteiger partial charge >= 0.3 is 0 Å². The van der Waals surface area contributed by atoms with Crippen molar-refractivity contribution >= 4 is 11.6 Å². The molecule has 0 bridgehead atoms. The predicted molar refractivity (Wildman–Crippen MR) is 87.3 cm³/mol. The highest BCUT2D eigenvalue weighted by atomic mass is 35.5. The number of nitriles is 1. The molecule has 1 aromatic carbocycles. The molecule has 2 rings (SSSR count). The summed E-state index contributed by atoms with van der Waals surface area (Å²) in [6, 6.07) is 9.30. The van der Waals surface area contributed by atoms with Gasteiger partial charge in [-0.3, -0.25) is 4.79 Å². The Labute approximate surface area is 134 Å². The van der Waals surface area contributed by atoms with Crippen LogP contribution in [0.1, 0.15) is 30.2 Å². The molecule has 2 aromatic rings. The van der Waals surface area contributed by atoms with Gasteiger partial charge in [0.2, 0.25) is 0 Å². The third kappa shape index (κ3) is 3.32. The zero-order chi connectivity index (χ0) is 16.1. The van der Waals surface area contributed by atoms with Gasteiger partial charge in [0, 0.05) is 16.8 Å². The van der Waals surface area contributed by atoms with Crippen LogP contribution in [-0.2, 0) is 5.88 Å². The Morgan fingerprint density at radius 3 is 2.77 bits per heavy atom. The maximum atomic E-state index is 11.9. The molecule has 1 aromatic heterocycles. The molecule has 4 nitrogen and oxygen atoms in total. The number of aromatic nitrogens is 1. The number of alkyl halides is 1. The van der Waals surface area contributed by atoms with E-state index in [1.165, 1.54) is 0 Å². The van der Waals surface area contributed by atoms with Gasteiger partial charge in [-0.05, 0) is 37.1 Å². The summed E-state index contributed by atoms with van der Waals surface area (Å²) in [6.07, 6.45) is 0.912. The Bertz CT molecular complexity index is 775. The molecule has 114 valence electrons. The number of hydrogen-bond donors (Lipinski definition) is 1. The molecule has 0 radical (unpaired) electrons. The lowest BCUT2D eigenvalue weighted by Crippen LogP contribution is -2.12. The number of nitrogens with zero attached hydrogens (tertiary/aromatic N) is 1. The number of pyridine rings is 1. The zero-order valence-electron chi connectivity index (χ0n) is 12.6. The lowest BCUT2D eigenvalue weighted by Gasteiger charge is -2.12. The fourth-order valence-electron chi connectivity index (χ4n) is 2.23. The number of H-pyrrole nitrogens is 1. The number of halogens is 1. The highest BCUT2D eigenvalue weighted by molar-refractivity contribution is 6.17. The Balaban J connectivity index is 2.55. The normalized spacial score (nSPS) is 10.3. The monoisotopic (exact) mass is 316 g/mol. The van der Waals surface area contributed by atoms with Gasteiger partial charge in [0.25, 0.3) is 5.56 Å². The van der Waals surface area contributed by atoms with Crippen LogP contribution < -0.4 is 10.3 Å². The number of ether oxygens (including phenoxy) is 1. The molecule has 5 heteroatoms. The minimum absolute atomic E-state index is 0.105. The topological polar surface area (TPSA) is 65.9 Å². The van der Waals surface area contributed by atoms with Crippen LogP contribution in [0.15, 0.2) is 29.1 Å². The van der Waals surface area contributed by atoms with Crippen molar-refractivity contribution in [1.29, 1.82) is 5.26 Å². The first-order chi connectivity index (χ1) is 10.6. The fourth-order valence-corrected chi connectivity index (χ4v) is 2.44. The van der Waals surface area contributed by atoms with E-state index in [0.29, 0.717) is 23.7 Å². The summed E-state index contributed by atoms with van der Waals surface area (Å²) in [5.41, 5.74) is 2.67. The Morgan fingerprint density at radius 2 is 2.14 bits per heavy atom. The maximum Gasteiger partial charge on any atom is 0.266 e. The van der Waals surface area contributed by atoms with Crippen molar-refractivity contribution < 1.29 is 4.74 Å². The number of aryl methyl sites for hydroxylation is 1. The Kier molecular flexibility index (Phi) is 5.24. The van der Waals surface area contributed by atoms with Crippen LogP contribution in [0.5, 0.6) is 5.75 Å². The third-order valence-corrected chi connectivity index (χ3v) is 3.54. The van der Waals surface area contributed by atoms with Gasteiger partial charge in [0.1, 0.15) is 17.4 Å². The standard InChI is InChI=1S/C17H17ClN2O2/c1-3-6-22-16-5-4-12(8-13(16)9-18)14-7-11(2)20-17(21)15(14)10-19/h4-5,7-8H,3,6,9H2,1-2H3,(H,20,21). The highest BCUT2D eigenvalue weighted by Crippen LogP contribution is 2.29. The largest absolute Gasteiger partial charge is 0.493 e. The molecule has 0 aliphatic rings. The van der Waals surface area contributed by atoms with E-state index in [9.17, 15) is 10.1 Å². The van der Waals surface area contributed by atoms with Gasteiger partial charge in [0.05, 0.1) is 12.5 Å². The van der Waals surface area contributed by atoms with E-state index in [4.69, 9.17) is 16.3 Å². The van der Waals surface area contributed by atoms with E-state index in [0.717, 1.165) is 23.3 Å². The molecule has 0 unspecified atom stereocenters. The van der Waals surface area contributed by atoms with Crippen molar-refractivity contribution in [3.63, 3.8) is 0 Å². The molecule has 0 fully saturated rings. The Morgan fingerprint density at radius 1 is 1.36 bits per heavy atom. The van der Waals surface area contributed by atoms with Gasteiger partial charge in [-0.25, -0.2) is 0 Å². The Hall–Kier alpha value is -2.25. The molecule has 0 aliphatic heterocycles. The molecule has 0 aliphatic carbocycles. The van der Waals surface area contributed by atoms with Crippen molar-refractivity contribution in [1.82, 2.24) is 4.98 Å². The van der Waals surface area contributed by atoms with Crippen LogP contribution in [0.25, 0.3) is 11.1 Å². The number of aromatic amines is 1. The second kappa shape index (κ2) is 7.15. The molecule has 0 saturated carbocycles. The highest BCUT2D eigenvalue weighted by Gasteiger charge is 2.12. The van der Waals surface area contributed by atoms with Crippen LogP contribution in [-0.4, -0.2) is 11.6 Å². The molecule has 0 amide bonds. The number of hydrogen-bond acceptors (Lipinski definition) is 3. The molecule has 0 saturated heterocycles. The van der Waals surface area contributed by atoms with E-state index >= 15 is 0 Å². The molecular formula is C17H17ClN2O2. The van der Waals surface area contributed by atoms with Gasteiger partial charge in [0.15, 0.2) is 0 Å². The predicted octanol–water partition coefficient (Wildman–Crippen LogP) is 3.75. The molecule has 1 heterocycles. The van der Waals surface area contributed by atoms with Crippen molar-refractivity contribution in [3.05, 3.63) is 51.4 Å². The third-order valence-electron chi connectivity index (χ3n) is 3.26. The summed E-state index contributed by atoms with van der Waals surface area (Å²) in [7, 11) is 0. The minimum atomic E-state index is -0.378.